The van der Waals surface area contributed by atoms with Gasteiger partial charge in [0.05, 0.1) is 7.11 Å². The summed E-state index contributed by atoms with van der Waals surface area (Å²) in [6.07, 6.45) is 1.87. The summed E-state index contributed by atoms with van der Waals surface area (Å²) in [4.78, 5) is 21.6. The number of nitrogens with one attached hydrogen (secondary N) is 1. The molecule has 1 N–H and O–H groups in total. The van der Waals surface area contributed by atoms with E-state index in [2.05, 4.69) is 22.4 Å². The second-order valence-electron chi connectivity index (χ2n) is 8.15. The number of benzene rings is 2. The van der Waals surface area contributed by atoms with E-state index in [4.69, 9.17) is 9.72 Å². The summed E-state index contributed by atoms with van der Waals surface area (Å²) in [7, 11) is 3.73. The van der Waals surface area contributed by atoms with Crippen LogP contribution in [0.2, 0.25) is 0 Å². The highest BCUT2D eigenvalue weighted by atomic mass is 16.5. The Kier molecular flexibility index (Phi) is 5.66. The van der Waals surface area contributed by atoms with Gasteiger partial charge in [0.1, 0.15) is 5.75 Å². The van der Waals surface area contributed by atoms with Crippen molar-refractivity contribution in [1.29, 1.82) is 0 Å². The number of nitrogens with zero attached hydrogens (tertiary/aromatic N) is 5. The van der Waals surface area contributed by atoms with Gasteiger partial charge in [0.2, 0.25) is 5.95 Å². The van der Waals surface area contributed by atoms with Crippen LogP contribution in [0.25, 0.3) is 16.8 Å². The molecule has 5 rings (SSSR count). The zero-order chi connectivity index (χ0) is 22.8. The maximum absolute atomic E-state index is 12.8. The zero-order valence-corrected chi connectivity index (χ0v) is 18.7. The van der Waals surface area contributed by atoms with Crippen LogP contribution in [-0.2, 0) is 0 Å². The molecule has 0 unspecified atom stereocenters. The van der Waals surface area contributed by atoms with Crippen molar-refractivity contribution in [3.63, 3.8) is 0 Å². The fourth-order valence-electron chi connectivity index (χ4n) is 3.97. The van der Waals surface area contributed by atoms with E-state index in [1.165, 1.54) is 0 Å². The van der Waals surface area contributed by atoms with Crippen LogP contribution in [0.3, 0.4) is 0 Å². The molecule has 0 atom stereocenters. The Balaban J connectivity index is 1.33. The molecule has 0 aliphatic carbocycles. The van der Waals surface area contributed by atoms with Crippen molar-refractivity contribution in [3.05, 3.63) is 72.4 Å². The van der Waals surface area contributed by atoms with E-state index in [0.717, 1.165) is 54.4 Å². The minimum absolute atomic E-state index is 0.0737. The number of hydrogen-bond acceptors (Lipinski definition) is 6. The van der Waals surface area contributed by atoms with Crippen molar-refractivity contribution < 1.29 is 9.53 Å². The monoisotopic (exact) mass is 442 g/mol. The van der Waals surface area contributed by atoms with Crippen LogP contribution >= 0.6 is 0 Å². The maximum Gasteiger partial charge on any atom is 0.253 e. The highest BCUT2D eigenvalue weighted by Crippen LogP contribution is 2.27. The minimum atomic E-state index is 0.0737. The third kappa shape index (κ3) is 4.38. The number of likely N-dealkylation sites (N-methyl/N-ethyl adjacent to an activating group) is 1. The van der Waals surface area contributed by atoms with E-state index in [9.17, 15) is 4.79 Å². The Morgan fingerprint density at radius 1 is 0.970 bits per heavy atom. The van der Waals surface area contributed by atoms with Gasteiger partial charge in [0.15, 0.2) is 5.65 Å². The normalized spacial score (nSPS) is 14.4. The summed E-state index contributed by atoms with van der Waals surface area (Å²) < 4.78 is 7.01. The first kappa shape index (κ1) is 21.0. The quantitative estimate of drug-likeness (QED) is 0.510. The van der Waals surface area contributed by atoms with Crippen LogP contribution in [-0.4, -0.2) is 70.6 Å². The fourth-order valence-corrected chi connectivity index (χ4v) is 3.97. The lowest BCUT2D eigenvalue weighted by Gasteiger charge is -2.32. The first-order valence-corrected chi connectivity index (χ1v) is 11.0. The summed E-state index contributed by atoms with van der Waals surface area (Å²) >= 11 is 0. The number of ether oxygens (including phenoxy) is 1. The number of anilines is 2. The van der Waals surface area contributed by atoms with Crippen LogP contribution in [0.1, 0.15) is 10.4 Å². The van der Waals surface area contributed by atoms with Crippen LogP contribution in [0, 0.1) is 0 Å². The molecule has 2 aromatic carbocycles. The first-order chi connectivity index (χ1) is 16.1. The summed E-state index contributed by atoms with van der Waals surface area (Å²) in [6, 6.07) is 19.3. The van der Waals surface area contributed by atoms with Gasteiger partial charge in [-0.25, -0.2) is 4.52 Å². The maximum atomic E-state index is 12.8. The topological polar surface area (TPSA) is 75.0 Å². The molecular weight excluding hydrogens is 416 g/mol. The zero-order valence-electron chi connectivity index (χ0n) is 18.7. The Bertz CT molecular complexity index is 1260. The second-order valence-corrected chi connectivity index (χ2v) is 8.15. The number of fused-ring (bicyclic) bond motifs is 1. The number of hydrogen-bond donors (Lipinski definition) is 1. The van der Waals surface area contributed by atoms with Gasteiger partial charge < -0.3 is 19.9 Å². The molecule has 0 spiro atoms. The van der Waals surface area contributed by atoms with Gasteiger partial charge in [-0.3, -0.25) is 4.79 Å². The lowest BCUT2D eigenvalue weighted by molar-refractivity contribution is 0.0664. The van der Waals surface area contributed by atoms with Crippen LogP contribution in [0.4, 0.5) is 11.6 Å². The Morgan fingerprint density at radius 3 is 2.39 bits per heavy atom. The molecule has 3 heterocycles. The van der Waals surface area contributed by atoms with Crippen molar-refractivity contribution in [2.45, 2.75) is 0 Å². The molecule has 1 aliphatic rings. The van der Waals surface area contributed by atoms with Gasteiger partial charge in [-0.2, -0.15) is 4.98 Å². The number of piperazine rings is 1. The summed E-state index contributed by atoms with van der Waals surface area (Å²) in [6.45, 7) is 3.33. The predicted molar refractivity (Wildman–Crippen MR) is 128 cm³/mol. The molecule has 8 heteroatoms. The number of aromatic nitrogens is 3. The van der Waals surface area contributed by atoms with Crippen molar-refractivity contribution in [1.82, 2.24) is 24.4 Å². The van der Waals surface area contributed by atoms with Gasteiger partial charge in [-0.05, 0) is 61.1 Å². The number of amides is 1. The van der Waals surface area contributed by atoms with Crippen LogP contribution in [0.15, 0.2) is 66.9 Å². The summed E-state index contributed by atoms with van der Waals surface area (Å²) in [5.41, 5.74) is 4.29. The molecule has 1 fully saturated rings. The number of carbonyl (C=O) groups excluding carboxylic acids is 1. The standard InChI is InChI=1S/C25H26N6O2/c1-29-14-16-30(17-15-29)24(32)19-5-9-20(10-6-19)26-25-27-23-22(4-3-13-31(23)28-25)18-7-11-21(33-2)12-8-18/h3-13H,14-17H2,1-2H3,(H,26,28). The average Bonchev–Trinajstić information content (AvgIpc) is 3.27. The predicted octanol–water partition coefficient (Wildman–Crippen LogP) is 3.54. The van der Waals surface area contributed by atoms with Crippen molar-refractivity contribution in [2.24, 2.45) is 0 Å². The van der Waals surface area contributed by atoms with E-state index < -0.39 is 0 Å². The average molecular weight is 443 g/mol. The van der Waals surface area contributed by atoms with Crippen molar-refractivity contribution in [2.75, 3.05) is 45.7 Å². The highest BCUT2D eigenvalue weighted by Gasteiger charge is 2.20. The molecule has 1 amide bonds. The summed E-state index contributed by atoms with van der Waals surface area (Å²) in [5, 5.41) is 7.80. The number of rotatable bonds is 5. The highest BCUT2D eigenvalue weighted by molar-refractivity contribution is 5.94. The lowest BCUT2D eigenvalue weighted by Crippen LogP contribution is -2.47. The van der Waals surface area contributed by atoms with E-state index in [0.29, 0.717) is 11.5 Å². The second kappa shape index (κ2) is 8.91. The van der Waals surface area contributed by atoms with E-state index >= 15 is 0 Å². The molecule has 0 radical (unpaired) electrons. The first-order valence-electron chi connectivity index (χ1n) is 11.0. The molecule has 1 aliphatic heterocycles. The SMILES string of the molecule is COc1ccc(-c2cccn3nc(Nc4ccc(C(=O)N5CCN(C)CC5)cc4)nc23)cc1. The van der Waals surface area contributed by atoms with Gasteiger partial charge in [-0.1, -0.05) is 12.1 Å². The lowest BCUT2D eigenvalue weighted by atomic mass is 10.1. The Hall–Kier alpha value is -3.91. The number of pyridine rings is 1. The molecule has 0 saturated carbocycles. The molecule has 4 aromatic rings. The van der Waals surface area contributed by atoms with Crippen molar-refractivity contribution in [3.8, 4) is 16.9 Å². The van der Waals surface area contributed by atoms with Gasteiger partial charge in [-0.15, -0.1) is 5.10 Å². The third-order valence-electron chi connectivity index (χ3n) is 5.94. The Morgan fingerprint density at radius 2 is 1.70 bits per heavy atom. The molecular formula is C25H26N6O2. The molecule has 33 heavy (non-hydrogen) atoms. The van der Waals surface area contributed by atoms with Gasteiger partial charge >= 0.3 is 0 Å². The molecule has 0 bridgehead atoms. The number of methoxy groups -OCH3 is 1. The fraction of sp³-hybridized carbons (Fsp3) is 0.240. The third-order valence-corrected chi connectivity index (χ3v) is 5.94. The Labute approximate surface area is 192 Å². The van der Waals surface area contributed by atoms with E-state index in [-0.39, 0.29) is 5.91 Å². The van der Waals surface area contributed by atoms with E-state index in [1.54, 1.807) is 11.6 Å². The molecule has 2 aromatic heterocycles. The smallest absolute Gasteiger partial charge is 0.253 e. The van der Waals surface area contributed by atoms with Gasteiger partial charge in [0, 0.05) is 49.2 Å². The largest absolute Gasteiger partial charge is 0.497 e. The van der Waals surface area contributed by atoms with Crippen LogP contribution < -0.4 is 10.1 Å². The van der Waals surface area contributed by atoms with E-state index in [1.807, 2.05) is 71.8 Å². The molecule has 8 nitrogen and oxygen atoms in total. The van der Waals surface area contributed by atoms with Crippen LogP contribution in [0.5, 0.6) is 5.75 Å². The molecule has 1 saturated heterocycles. The minimum Gasteiger partial charge on any atom is -0.497 e. The number of carbonyl (C=O) groups is 1. The van der Waals surface area contributed by atoms with Crippen molar-refractivity contribution >= 4 is 23.2 Å². The molecule has 168 valence electrons. The summed E-state index contributed by atoms with van der Waals surface area (Å²) in [5.74, 6) is 1.38. The van der Waals surface area contributed by atoms with Gasteiger partial charge in [0.25, 0.3) is 5.91 Å².